The third-order valence-electron chi connectivity index (χ3n) is 6.83. The van der Waals surface area contributed by atoms with Gasteiger partial charge in [0, 0.05) is 53.8 Å². The molecule has 0 fully saturated rings. The second-order valence-electron chi connectivity index (χ2n) is 8.83. The molecule has 1 N–H and O–H groups in total. The number of anilines is 1. The first-order valence-corrected chi connectivity index (χ1v) is 11.3. The zero-order valence-corrected chi connectivity index (χ0v) is 19.4. The summed E-state index contributed by atoms with van der Waals surface area (Å²) in [5, 5.41) is 1.12. The minimum atomic E-state index is -0.702. The smallest absolute Gasteiger partial charge is 0.246 e. The second kappa shape index (κ2) is 8.45. The van der Waals surface area contributed by atoms with Crippen LogP contribution in [0.1, 0.15) is 40.9 Å². The molecule has 1 unspecified atom stereocenters. The third-order valence-corrected chi connectivity index (χ3v) is 6.83. The lowest BCUT2D eigenvalue weighted by molar-refractivity contribution is -0.134. The van der Waals surface area contributed by atoms with E-state index in [9.17, 15) is 9.59 Å². The fraction of sp³-hybridized carbons (Fsp3) is 0.214. The number of aromatic amines is 1. The highest BCUT2D eigenvalue weighted by molar-refractivity contribution is 5.98. The van der Waals surface area contributed by atoms with E-state index in [0.29, 0.717) is 23.2 Å². The minimum absolute atomic E-state index is 0.115. The predicted molar refractivity (Wildman–Crippen MR) is 131 cm³/mol. The monoisotopic (exact) mass is 455 g/mol. The predicted octanol–water partition coefficient (Wildman–Crippen LogP) is 5.12. The standard InChI is InChI=1S/C28H26FN3O2/c1-17-20-10-4-6-13-23(20)30-24(17)15-19-9-8-12-22(27(19)29)28-21-11-5-7-14-25(21)31(3)26(34)16-32(28)18(2)33/h4-14,28,30H,15-16H2,1-3H3. The van der Waals surface area contributed by atoms with Crippen LogP contribution in [0.15, 0.2) is 66.7 Å². The molecule has 172 valence electrons. The Kier molecular flexibility index (Phi) is 5.44. The molecule has 34 heavy (non-hydrogen) atoms. The molecule has 2 amide bonds. The lowest BCUT2D eigenvalue weighted by Gasteiger charge is -2.30. The van der Waals surface area contributed by atoms with Gasteiger partial charge in [0.25, 0.3) is 0 Å². The van der Waals surface area contributed by atoms with E-state index in [2.05, 4.69) is 11.1 Å². The van der Waals surface area contributed by atoms with Crippen molar-refractivity contribution < 1.29 is 14.0 Å². The Morgan fingerprint density at radius 3 is 2.50 bits per heavy atom. The Morgan fingerprint density at radius 2 is 1.74 bits per heavy atom. The third kappa shape index (κ3) is 3.55. The Balaban J connectivity index is 1.63. The molecular weight excluding hydrogens is 429 g/mol. The van der Waals surface area contributed by atoms with E-state index >= 15 is 4.39 Å². The number of halogens is 1. The summed E-state index contributed by atoms with van der Waals surface area (Å²) in [4.78, 5) is 31.9. The molecule has 6 heteroatoms. The van der Waals surface area contributed by atoms with Crippen molar-refractivity contribution in [1.29, 1.82) is 0 Å². The maximum atomic E-state index is 16.1. The van der Waals surface area contributed by atoms with Crippen LogP contribution in [0.3, 0.4) is 0 Å². The SMILES string of the molecule is CC(=O)N1CC(=O)N(C)c2ccccc2C1c1cccc(Cc2[nH]c3ccccc3c2C)c1F. The van der Waals surface area contributed by atoms with Crippen molar-refractivity contribution in [1.82, 2.24) is 9.88 Å². The molecule has 0 saturated carbocycles. The Morgan fingerprint density at radius 1 is 1.03 bits per heavy atom. The molecule has 3 aromatic carbocycles. The van der Waals surface area contributed by atoms with Crippen molar-refractivity contribution in [2.24, 2.45) is 0 Å². The summed E-state index contributed by atoms with van der Waals surface area (Å²) >= 11 is 0. The fourth-order valence-electron chi connectivity index (χ4n) is 4.95. The number of aromatic nitrogens is 1. The molecule has 2 heterocycles. The number of benzene rings is 3. The average Bonchev–Trinajstić information content (AvgIpc) is 3.09. The second-order valence-corrected chi connectivity index (χ2v) is 8.83. The summed E-state index contributed by atoms with van der Waals surface area (Å²) in [6, 6.07) is 20.0. The largest absolute Gasteiger partial charge is 0.358 e. The number of nitrogens with zero attached hydrogens (tertiary/aromatic N) is 2. The van der Waals surface area contributed by atoms with Gasteiger partial charge in [-0.15, -0.1) is 0 Å². The molecule has 0 radical (unpaired) electrons. The zero-order chi connectivity index (χ0) is 24.0. The highest BCUT2D eigenvalue weighted by Gasteiger charge is 2.35. The number of H-pyrrole nitrogens is 1. The Hall–Kier alpha value is -3.93. The van der Waals surface area contributed by atoms with Crippen molar-refractivity contribution in [2.45, 2.75) is 26.3 Å². The number of para-hydroxylation sites is 2. The van der Waals surface area contributed by atoms with E-state index < -0.39 is 6.04 Å². The zero-order valence-electron chi connectivity index (χ0n) is 19.4. The van der Waals surface area contributed by atoms with E-state index in [0.717, 1.165) is 27.7 Å². The Bertz CT molecular complexity index is 1420. The van der Waals surface area contributed by atoms with Crippen molar-refractivity contribution in [3.05, 3.63) is 100 Å². The summed E-state index contributed by atoms with van der Waals surface area (Å²) < 4.78 is 16.1. The van der Waals surface area contributed by atoms with Gasteiger partial charge >= 0.3 is 0 Å². The summed E-state index contributed by atoms with van der Waals surface area (Å²) in [5.74, 6) is -0.848. The number of aryl methyl sites for hydroxylation is 1. The normalized spacial score (nSPS) is 16.0. The van der Waals surface area contributed by atoms with E-state index in [1.54, 1.807) is 24.1 Å². The van der Waals surface area contributed by atoms with Gasteiger partial charge in [0.1, 0.15) is 12.4 Å². The number of carbonyl (C=O) groups excluding carboxylic acids is 2. The number of fused-ring (bicyclic) bond motifs is 2. The first-order valence-electron chi connectivity index (χ1n) is 11.3. The van der Waals surface area contributed by atoms with Crippen LogP contribution in [0.5, 0.6) is 0 Å². The molecule has 4 aromatic rings. The Labute approximate surface area is 197 Å². The molecule has 0 saturated heterocycles. The first-order chi connectivity index (χ1) is 16.4. The van der Waals surface area contributed by atoms with Gasteiger partial charge in [0.15, 0.2) is 0 Å². The van der Waals surface area contributed by atoms with Crippen LogP contribution < -0.4 is 4.90 Å². The van der Waals surface area contributed by atoms with Crippen LogP contribution in [0, 0.1) is 12.7 Å². The van der Waals surface area contributed by atoms with Gasteiger partial charge in [0.2, 0.25) is 11.8 Å². The van der Waals surface area contributed by atoms with Crippen LogP contribution in [-0.2, 0) is 16.0 Å². The fourth-order valence-corrected chi connectivity index (χ4v) is 4.95. The number of rotatable bonds is 3. The average molecular weight is 456 g/mol. The number of nitrogens with one attached hydrogen (secondary N) is 1. The number of carbonyl (C=O) groups is 2. The van der Waals surface area contributed by atoms with Gasteiger partial charge in [-0.3, -0.25) is 9.59 Å². The van der Waals surface area contributed by atoms with E-state index in [4.69, 9.17) is 0 Å². The van der Waals surface area contributed by atoms with Crippen LogP contribution in [0.2, 0.25) is 0 Å². The highest BCUT2D eigenvalue weighted by atomic mass is 19.1. The molecule has 0 aliphatic carbocycles. The van der Waals surface area contributed by atoms with E-state index in [1.165, 1.54) is 11.8 Å². The summed E-state index contributed by atoms with van der Waals surface area (Å²) in [6.45, 7) is 3.34. The summed E-state index contributed by atoms with van der Waals surface area (Å²) in [5.41, 5.74) is 5.40. The summed E-state index contributed by atoms with van der Waals surface area (Å²) in [6.07, 6.45) is 0.396. The molecule has 1 aliphatic rings. The van der Waals surface area contributed by atoms with Crippen LogP contribution in [-0.4, -0.2) is 35.3 Å². The van der Waals surface area contributed by atoms with Crippen LogP contribution in [0.4, 0.5) is 10.1 Å². The number of hydrogen-bond acceptors (Lipinski definition) is 2. The number of likely N-dealkylation sites (N-methyl/N-ethyl adjacent to an activating group) is 1. The van der Waals surface area contributed by atoms with E-state index in [-0.39, 0.29) is 24.2 Å². The molecule has 1 atom stereocenters. The number of amides is 2. The molecule has 0 spiro atoms. The van der Waals surface area contributed by atoms with Crippen LogP contribution in [0.25, 0.3) is 10.9 Å². The quantitative estimate of drug-likeness (QED) is 0.466. The maximum Gasteiger partial charge on any atom is 0.246 e. The molecule has 1 aromatic heterocycles. The lowest BCUT2D eigenvalue weighted by atomic mass is 9.92. The molecule has 5 rings (SSSR count). The van der Waals surface area contributed by atoms with Crippen molar-refractivity contribution in [3.63, 3.8) is 0 Å². The van der Waals surface area contributed by atoms with Gasteiger partial charge < -0.3 is 14.8 Å². The minimum Gasteiger partial charge on any atom is -0.358 e. The lowest BCUT2D eigenvalue weighted by Crippen LogP contribution is -2.39. The van der Waals surface area contributed by atoms with Crippen molar-refractivity contribution >= 4 is 28.4 Å². The first kappa shape index (κ1) is 21.9. The number of hydrogen-bond donors (Lipinski definition) is 1. The topological polar surface area (TPSA) is 56.4 Å². The molecular formula is C28H26FN3O2. The van der Waals surface area contributed by atoms with Crippen molar-refractivity contribution in [2.75, 3.05) is 18.5 Å². The van der Waals surface area contributed by atoms with Gasteiger partial charge in [-0.25, -0.2) is 4.39 Å². The van der Waals surface area contributed by atoms with Gasteiger partial charge in [-0.05, 0) is 30.2 Å². The van der Waals surface area contributed by atoms with Gasteiger partial charge in [-0.1, -0.05) is 54.6 Å². The van der Waals surface area contributed by atoms with Crippen molar-refractivity contribution in [3.8, 4) is 0 Å². The van der Waals surface area contributed by atoms with Gasteiger partial charge in [0.05, 0.1) is 6.04 Å². The highest BCUT2D eigenvalue weighted by Crippen LogP contribution is 2.39. The molecule has 5 nitrogen and oxygen atoms in total. The van der Waals surface area contributed by atoms with E-state index in [1.807, 2.05) is 55.5 Å². The van der Waals surface area contributed by atoms with Crippen LogP contribution >= 0.6 is 0 Å². The molecule has 0 bridgehead atoms. The van der Waals surface area contributed by atoms with Gasteiger partial charge in [-0.2, -0.15) is 0 Å². The summed E-state index contributed by atoms with van der Waals surface area (Å²) in [7, 11) is 1.69. The maximum absolute atomic E-state index is 16.1. The molecule has 1 aliphatic heterocycles.